The molecular formula is C29H32O4. The molecule has 0 aromatic heterocycles. The molecule has 0 heterocycles. The van der Waals surface area contributed by atoms with Gasteiger partial charge in [-0.2, -0.15) is 0 Å². The van der Waals surface area contributed by atoms with Gasteiger partial charge in [0.1, 0.15) is 18.3 Å². The van der Waals surface area contributed by atoms with E-state index in [1.54, 1.807) is 0 Å². The number of hydrogen-bond acceptors (Lipinski definition) is 4. The minimum Gasteiger partial charge on any atom is -0.390 e. The molecule has 0 aliphatic heterocycles. The molecule has 4 nitrogen and oxygen atoms in total. The van der Waals surface area contributed by atoms with E-state index in [9.17, 15) is 5.11 Å². The SMILES string of the molecule is O[C@H]1CCC=C[C@H](OCc2ccccc2)[C@@H](OCc2ccccc2)[C@@H]1OCc1ccccc1. The minimum absolute atomic E-state index is 0.343. The molecule has 1 N–H and O–H groups in total. The van der Waals surface area contributed by atoms with Gasteiger partial charge < -0.3 is 19.3 Å². The van der Waals surface area contributed by atoms with Crippen molar-refractivity contribution in [1.82, 2.24) is 0 Å². The maximum absolute atomic E-state index is 11.0. The van der Waals surface area contributed by atoms with Crippen molar-refractivity contribution in [2.24, 2.45) is 0 Å². The summed E-state index contributed by atoms with van der Waals surface area (Å²) in [7, 11) is 0. The third kappa shape index (κ3) is 7.11. The number of aliphatic hydroxyl groups excluding tert-OH is 1. The maximum atomic E-state index is 11.0. The van der Waals surface area contributed by atoms with Crippen LogP contribution in [-0.2, 0) is 34.0 Å². The largest absolute Gasteiger partial charge is 0.390 e. The molecule has 172 valence electrons. The standard InChI is InChI=1S/C29H32O4/c30-26-18-10-11-19-27(31-20-23-12-4-1-5-13-23)29(33-22-25-16-8-3-9-17-25)28(26)32-21-24-14-6-2-7-15-24/h1-9,11-17,19,26-30H,10,18,20-22H2/t26-,27-,28+,29+/m0/s1. The van der Waals surface area contributed by atoms with Gasteiger partial charge in [0.05, 0.1) is 25.9 Å². The quantitative estimate of drug-likeness (QED) is 0.446. The fourth-order valence-corrected chi connectivity index (χ4v) is 4.02. The molecule has 4 heteroatoms. The first-order valence-electron chi connectivity index (χ1n) is 11.6. The van der Waals surface area contributed by atoms with Crippen LogP contribution in [0.15, 0.2) is 103 Å². The van der Waals surface area contributed by atoms with Crippen molar-refractivity contribution in [3.63, 3.8) is 0 Å². The Kier molecular flexibility index (Phi) is 8.84. The molecule has 0 bridgehead atoms. The zero-order valence-electron chi connectivity index (χ0n) is 18.8. The molecule has 1 aliphatic rings. The third-order valence-electron chi connectivity index (χ3n) is 5.84. The lowest BCUT2D eigenvalue weighted by Crippen LogP contribution is -2.48. The smallest absolute Gasteiger partial charge is 0.116 e. The van der Waals surface area contributed by atoms with Crippen molar-refractivity contribution in [2.75, 3.05) is 0 Å². The van der Waals surface area contributed by atoms with Crippen LogP contribution in [-0.4, -0.2) is 29.5 Å². The highest BCUT2D eigenvalue weighted by Crippen LogP contribution is 2.25. The van der Waals surface area contributed by atoms with E-state index < -0.39 is 18.3 Å². The fraction of sp³-hybridized carbons (Fsp3) is 0.310. The van der Waals surface area contributed by atoms with Crippen molar-refractivity contribution in [1.29, 1.82) is 0 Å². The van der Waals surface area contributed by atoms with Crippen molar-refractivity contribution in [3.8, 4) is 0 Å². The van der Waals surface area contributed by atoms with Gasteiger partial charge in [-0.1, -0.05) is 103 Å². The van der Waals surface area contributed by atoms with Crippen molar-refractivity contribution < 1.29 is 19.3 Å². The number of rotatable bonds is 9. The van der Waals surface area contributed by atoms with E-state index in [4.69, 9.17) is 14.2 Å². The highest BCUT2D eigenvalue weighted by molar-refractivity contribution is 5.16. The molecule has 4 rings (SSSR count). The lowest BCUT2D eigenvalue weighted by atomic mass is 9.95. The molecule has 0 saturated heterocycles. The normalized spacial score (nSPS) is 23.1. The van der Waals surface area contributed by atoms with Crippen LogP contribution in [0.1, 0.15) is 29.5 Å². The van der Waals surface area contributed by atoms with Crippen LogP contribution in [0.4, 0.5) is 0 Å². The molecule has 0 amide bonds. The van der Waals surface area contributed by atoms with Gasteiger partial charge in [0.2, 0.25) is 0 Å². The molecule has 3 aromatic rings. The van der Waals surface area contributed by atoms with Gasteiger partial charge in [-0.15, -0.1) is 0 Å². The highest BCUT2D eigenvalue weighted by atomic mass is 16.6. The predicted molar refractivity (Wildman–Crippen MR) is 129 cm³/mol. The average Bonchev–Trinajstić information content (AvgIpc) is 2.86. The van der Waals surface area contributed by atoms with Crippen LogP contribution in [0.25, 0.3) is 0 Å². The lowest BCUT2D eigenvalue weighted by molar-refractivity contribution is -0.171. The van der Waals surface area contributed by atoms with E-state index in [0.717, 1.165) is 23.1 Å². The van der Waals surface area contributed by atoms with Crippen molar-refractivity contribution in [2.45, 2.75) is 57.1 Å². The van der Waals surface area contributed by atoms with Crippen molar-refractivity contribution >= 4 is 0 Å². The van der Waals surface area contributed by atoms with Crippen molar-refractivity contribution in [3.05, 3.63) is 120 Å². The number of hydrogen-bond donors (Lipinski definition) is 1. The number of ether oxygens (including phenoxy) is 3. The number of aliphatic hydroxyl groups is 1. The summed E-state index contributed by atoms with van der Waals surface area (Å²) in [6.07, 6.45) is 3.56. The third-order valence-corrected chi connectivity index (χ3v) is 5.84. The molecule has 0 unspecified atom stereocenters. The summed E-state index contributed by atoms with van der Waals surface area (Å²) in [5, 5.41) is 11.0. The molecular weight excluding hydrogens is 412 g/mol. The summed E-state index contributed by atoms with van der Waals surface area (Å²) < 4.78 is 19.1. The monoisotopic (exact) mass is 444 g/mol. The second-order valence-corrected chi connectivity index (χ2v) is 8.36. The van der Waals surface area contributed by atoms with Gasteiger partial charge in [0, 0.05) is 0 Å². The number of benzene rings is 3. The molecule has 33 heavy (non-hydrogen) atoms. The van der Waals surface area contributed by atoms with E-state index >= 15 is 0 Å². The Balaban J connectivity index is 1.54. The van der Waals surface area contributed by atoms with E-state index in [1.807, 2.05) is 91.0 Å². The van der Waals surface area contributed by atoms with Crippen LogP contribution in [0, 0.1) is 0 Å². The minimum atomic E-state index is -0.651. The zero-order chi connectivity index (χ0) is 22.7. The van der Waals surface area contributed by atoms with Gasteiger partial charge in [-0.3, -0.25) is 0 Å². The van der Waals surface area contributed by atoms with Crippen LogP contribution >= 0.6 is 0 Å². The number of allylic oxidation sites excluding steroid dienone is 1. The maximum Gasteiger partial charge on any atom is 0.116 e. The lowest BCUT2D eigenvalue weighted by Gasteiger charge is -2.36. The summed E-state index contributed by atoms with van der Waals surface area (Å²) in [6, 6.07) is 30.2. The highest BCUT2D eigenvalue weighted by Gasteiger charge is 2.36. The summed E-state index contributed by atoms with van der Waals surface area (Å²) in [5.41, 5.74) is 3.23. The molecule has 0 spiro atoms. The van der Waals surface area contributed by atoms with Gasteiger partial charge >= 0.3 is 0 Å². The molecule has 0 radical (unpaired) electrons. The first-order valence-corrected chi connectivity index (χ1v) is 11.6. The second-order valence-electron chi connectivity index (χ2n) is 8.36. The van der Waals surface area contributed by atoms with E-state index in [2.05, 4.69) is 12.2 Å². The Bertz CT molecular complexity index is 959. The molecule has 3 aromatic carbocycles. The van der Waals surface area contributed by atoms with Gasteiger partial charge in [0.15, 0.2) is 0 Å². The Labute approximate surface area is 196 Å². The van der Waals surface area contributed by atoms with Gasteiger partial charge in [-0.25, -0.2) is 0 Å². The Hall–Kier alpha value is -2.76. The molecule has 0 saturated carbocycles. The Morgan fingerprint density at radius 3 is 1.58 bits per heavy atom. The molecule has 1 aliphatic carbocycles. The average molecular weight is 445 g/mol. The van der Waals surface area contributed by atoms with Crippen LogP contribution < -0.4 is 0 Å². The predicted octanol–water partition coefficient (Wildman–Crippen LogP) is 5.45. The van der Waals surface area contributed by atoms with E-state index in [-0.39, 0.29) is 6.10 Å². The first-order chi connectivity index (χ1) is 16.3. The van der Waals surface area contributed by atoms with Gasteiger partial charge in [0.25, 0.3) is 0 Å². The Morgan fingerprint density at radius 1 is 0.606 bits per heavy atom. The molecule has 4 atom stereocenters. The summed E-state index contributed by atoms with van der Waals surface area (Å²) in [4.78, 5) is 0. The topological polar surface area (TPSA) is 47.9 Å². The van der Waals surface area contributed by atoms with Crippen LogP contribution in [0.3, 0.4) is 0 Å². The fourth-order valence-electron chi connectivity index (χ4n) is 4.02. The summed E-state index contributed by atoms with van der Waals surface area (Å²) in [6.45, 7) is 1.29. The summed E-state index contributed by atoms with van der Waals surface area (Å²) >= 11 is 0. The van der Waals surface area contributed by atoms with E-state index in [1.165, 1.54) is 0 Å². The first kappa shape index (κ1) is 23.4. The Morgan fingerprint density at radius 2 is 1.06 bits per heavy atom. The summed E-state index contributed by atoms with van der Waals surface area (Å²) in [5.74, 6) is 0. The molecule has 0 fully saturated rings. The zero-order valence-corrected chi connectivity index (χ0v) is 18.8. The van der Waals surface area contributed by atoms with Crippen LogP contribution in [0.5, 0.6) is 0 Å². The van der Waals surface area contributed by atoms with E-state index in [0.29, 0.717) is 26.2 Å². The second kappa shape index (κ2) is 12.5. The van der Waals surface area contributed by atoms with Gasteiger partial charge in [-0.05, 0) is 29.5 Å². The van der Waals surface area contributed by atoms with Crippen LogP contribution in [0.2, 0.25) is 0 Å².